The van der Waals surface area contributed by atoms with Crippen LogP contribution in [0, 0.1) is 0 Å². The van der Waals surface area contributed by atoms with Crippen LogP contribution in [0.5, 0.6) is 11.5 Å². The summed E-state index contributed by atoms with van der Waals surface area (Å²) in [6.07, 6.45) is 4.87. The van der Waals surface area contributed by atoms with Gasteiger partial charge < -0.3 is 19.7 Å². The van der Waals surface area contributed by atoms with Gasteiger partial charge in [0.2, 0.25) is 0 Å². The van der Waals surface area contributed by atoms with Gasteiger partial charge >= 0.3 is 0 Å². The predicted octanol–water partition coefficient (Wildman–Crippen LogP) is 3.22. The van der Waals surface area contributed by atoms with E-state index >= 15 is 0 Å². The van der Waals surface area contributed by atoms with Crippen LogP contribution in [-0.2, 0) is 0 Å². The Kier molecular flexibility index (Phi) is 10.2. The Hall–Kier alpha value is -1.22. The lowest BCUT2D eigenvalue weighted by Crippen LogP contribution is -2.42. The monoisotopic (exact) mass is 502 g/mol. The third kappa shape index (κ3) is 6.69. The number of ether oxygens (including phenoxy) is 2. The lowest BCUT2D eigenvalue weighted by Gasteiger charge is -2.25. The third-order valence-corrected chi connectivity index (χ3v) is 5.33. The van der Waals surface area contributed by atoms with Crippen molar-refractivity contribution in [3.05, 3.63) is 24.3 Å². The highest BCUT2D eigenvalue weighted by Gasteiger charge is 2.30. The van der Waals surface area contributed by atoms with Crippen LogP contribution in [-0.4, -0.2) is 74.8 Å². The van der Waals surface area contributed by atoms with Crippen LogP contribution in [0.1, 0.15) is 32.6 Å². The average molecular weight is 502 g/mol. The number of hydrogen-bond donors (Lipinski definition) is 1. The van der Waals surface area contributed by atoms with Gasteiger partial charge in [0.15, 0.2) is 5.96 Å². The van der Waals surface area contributed by atoms with Crippen molar-refractivity contribution in [2.75, 3.05) is 53.0 Å². The van der Waals surface area contributed by atoms with E-state index in [0.29, 0.717) is 12.6 Å². The summed E-state index contributed by atoms with van der Waals surface area (Å²) in [6.45, 7) is 9.23. The van der Waals surface area contributed by atoms with Crippen molar-refractivity contribution >= 4 is 29.9 Å². The van der Waals surface area contributed by atoms with E-state index in [1.807, 2.05) is 24.3 Å². The highest BCUT2D eigenvalue weighted by Crippen LogP contribution is 2.21. The summed E-state index contributed by atoms with van der Waals surface area (Å²) in [7, 11) is 1.67. The molecule has 28 heavy (non-hydrogen) atoms. The number of benzene rings is 1. The molecule has 7 heteroatoms. The van der Waals surface area contributed by atoms with Gasteiger partial charge in [-0.25, -0.2) is 0 Å². The number of aliphatic imine (C=N–C) groups is 1. The summed E-state index contributed by atoms with van der Waals surface area (Å²) in [6, 6.07) is 8.44. The second-order valence-electron chi connectivity index (χ2n) is 7.25. The largest absolute Gasteiger partial charge is 0.497 e. The van der Waals surface area contributed by atoms with Crippen molar-refractivity contribution in [1.29, 1.82) is 0 Å². The minimum absolute atomic E-state index is 0. The highest BCUT2D eigenvalue weighted by molar-refractivity contribution is 14.0. The van der Waals surface area contributed by atoms with Gasteiger partial charge in [0.25, 0.3) is 0 Å². The maximum atomic E-state index is 5.81. The first-order chi connectivity index (χ1) is 13.3. The van der Waals surface area contributed by atoms with Gasteiger partial charge in [0.05, 0.1) is 13.7 Å². The van der Waals surface area contributed by atoms with Crippen LogP contribution >= 0.6 is 24.0 Å². The molecular formula is C21H35IN4O2. The number of hydrogen-bond acceptors (Lipinski definition) is 4. The molecule has 1 atom stereocenters. The normalized spacial score (nSPS) is 20.1. The fourth-order valence-corrected chi connectivity index (χ4v) is 3.90. The van der Waals surface area contributed by atoms with Gasteiger partial charge in [0.1, 0.15) is 11.5 Å². The topological polar surface area (TPSA) is 49.3 Å². The highest BCUT2D eigenvalue weighted by atomic mass is 127. The van der Waals surface area contributed by atoms with Crippen molar-refractivity contribution in [1.82, 2.24) is 15.1 Å². The molecule has 2 saturated heterocycles. The number of rotatable bonds is 8. The smallest absolute Gasteiger partial charge is 0.193 e. The van der Waals surface area contributed by atoms with Gasteiger partial charge in [-0.3, -0.25) is 9.89 Å². The Morgan fingerprint density at radius 3 is 2.75 bits per heavy atom. The molecule has 1 aromatic rings. The molecule has 6 nitrogen and oxygen atoms in total. The zero-order valence-electron chi connectivity index (χ0n) is 17.2. The van der Waals surface area contributed by atoms with E-state index in [0.717, 1.165) is 50.1 Å². The van der Waals surface area contributed by atoms with E-state index in [9.17, 15) is 0 Å². The molecule has 0 aromatic heterocycles. The first-order valence-corrected chi connectivity index (χ1v) is 10.3. The number of halogens is 1. The Labute approximate surface area is 186 Å². The molecular weight excluding hydrogens is 467 g/mol. The van der Waals surface area contributed by atoms with Gasteiger partial charge in [-0.2, -0.15) is 0 Å². The number of nitrogens with zero attached hydrogens (tertiary/aromatic N) is 3. The van der Waals surface area contributed by atoms with E-state index in [4.69, 9.17) is 14.5 Å². The minimum Gasteiger partial charge on any atom is -0.497 e. The summed E-state index contributed by atoms with van der Waals surface area (Å²) in [5, 5.41) is 3.46. The molecule has 158 valence electrons. The quantitative estimate of drug-likeness (QED) is 0.256. The summed E-state index contributed by atoms with van der Waals surface area (Å²) in [4.78, 5) is 9.91. The summed E-state index contributed by atoms with van der Waals surface area (Å²) in [5.74, 6) is 2.72. The molecule has 2 heterocycles. The molecule has 2 aliphatic heterocycles. The molecule has 0 bridgehead atoms. The van der Waals surface area contributed by atoms with Gasteiger partial charge in [-0.15, -0.1) is 24.0 Å². The molecule has 0 radical (unpaired) electrons. The second kappa shape index (κ2) is 12.4. The van der Waals surface area contributed by atoms with Gasteiger partial charge in [-0.1, -0.05) is 6.07 Å². The van der Waals surface area contributed by atoms with Crippen LogP contribution in [0.25, 0.3) is 0 Å². The summed E-state index contributed by atoms with van der Waals surface area (Å²) >= 11 is 0. The Morgan fingerprint density at radius 2 is 2.00 bits per heavy atom. The Balaban J connectivity index is 0.00000280. The zero-order chi connectivity index (χ0) is 18.9. The number of guanidine groups is 1. The number of likely N-dealkylation sites (tertiary alicyclic amines) is 2. The fraction of sp³-hybridized carbons (Fsp3) is 0.667. The van der Waals surface area contributed by atoms with Crippen molar-refractivity contribution in [3.8, 4) is 11.5 Å². The second-order valence-corrected chi connectivity index (χ2v) is 7.25. The zero-order valence-corrected chi connectivity index (χ0v) is 19.6. The first-order valence-electron chi connectivity index (χ1n) is 10.3. The third-order valence-electron chi connectivity index (χ3n) is 5.33. The standard InChI is InChI=1S/C21H34N4O2.HI/c1-3-22-21(25-14-10-18(17-25)24-12-4-5-13-24)23-11-7-15-27-20-9-6-8-19(16-20)26-2;/h6,8-9,16,18H,3-5,7,10-15,17H2,1-2H3,(H,22,23);1H. The van der Waals surface area contributed by atoms with Crippen LogP contribution in [0.2, 0.25) is 0 Å². The van der Waals surface area contributed by atoms with Crippen molar-refractivity contribution in [2.24, 2.45) is 4.99 Å². The molecule has 1 aromatic carbocycles. The average Bonchev–Trinajstić information content (AvgIpc) is 3.38. The molecule has 0 saturated carbocycles. The van der Waals surface area contributed by atoms with E-state index in [-0.39, 0.29) is 24.0 Å². The van der Waals surface area contributed by atoms with Crippen LogP contribution in [0.4, 0.5) is 0 Å². The molecule has 2 fully saturated rings. The lowest BCUT2D eigenvalue weighted by atomic mass is 10.2. The van der Waals surface area contributed by atoms with Crippen molar-refractivity contribution in [2.45, 2.75) is 38.6 Å². The van der Waals surface area contributed by atoms with Crippen molar-refractivity contribution in [3.63, 3.8) is 0 Å². The summed E-state index contributed by atoms with van der Waals surface area (Å²) < 4.78 is 11.0. The van der Waals surface area contributed by atoms with E-state index in [1.54, 1.807) is 7.11 Å². The maximum absolute atomic E-state index is 5.81. The molecule has 1 unspecified atom stereocenters. The van der Waals surface area contributed by atoms with Gasteiger partial charge in [0, 0.05) is 44.7 Å². The summed E-state index contributed by atoms with van der Waals surface area (Å²) in [5.41, 5.74) is 0. The Bertz CT molecular complexity index is 608. The van der Waals surface area contributed by atoms with Crippen LogP contribution in [0.15, 0.2) is 29.3 Å². The SMILES string of the molecule is CCNC(=NCCCOc1cccc(OC)c1)N1CCC(N2CCCC2)C1.I. The fourth-order valence-electron chi connectivity index (χ4n) is 3.90. The maximum Gasteiger partial charge on any atom is 0.193 e. The number of nitrogens with one attached hydrogen (secondary N) is 1. The lowest BCUT2D eigenvalue weighted by molar-refractivity contribution is 0.249. The van der Waals surface area contributed by atoms with Crippen LogP contribution in [0.3, 0.4) is 0 Å². The van der Waals surface area contributed by atoms with E-state index in [1.165, 1.54) is 32.4 Å². The molecule has 0 spiro atoms. The Morgan fingerprint density at radius 1 is 1.21 bits per heavy atom. The van der Waals surface area contributed by atoms with E-state index < -0.39 is 0 Å². The van der Waals surface area contributed by atoms with Gasteiger partial charge in [-0.05, 0) is 51.4 Å². The van der Waals surface area contributed by atoms with Crippen molar-refractivity contribution < 1.29 is 9.47 Å². The molecule has 0 aliphatic carbocycles. The van der Waals surface area contributed by atoms with Crippen LogP contribution < -0.4 is 14.8 Å². The molecule has 2 aliphatic rings. The molecule has 0 amide bonds. The minimum atomic E-state index is 0. The molecule has 3 rings (SSSR count). The number of methoxy groups -OCH3 is 1. The predicted molar refractivity (Wildman–Crippen MR) is 125 cm³/mol. The molecule has 1 N–H and O–H groups in total. The van der Waals surface area contributed by atoms with E-state index in [2.05, 4.69) is 22.0 Å². The first kappa shape index (κ1) is 23.1.